The van der Waals surface area contributed by atoms with Crippen molar-refractivity contribution in [1.82, 2.24) is 0 Å². The van der Waals surface area contributed by atoms with Crippen LogP contribution in [0.5, 0.6) is 5.75 Å². The van der Waals surface area contributed by atoms with Crippen molar-refractivity contribution >= 4 is 15.6 Å². The molecule has 0 unspecified atom stereocenters. The Bertz CT molecular complexity index is 529. The minimum atomic E-state index is -3.38. The number of phenolic OH excluding ortho intramolecular Hbond substituents is 1. The van der Waals surface area contributed by atoms with Crippen molar-refractivity contribution in [1.29, 1.82) is 0 Å². The number of Topliss-reactive ketones (excluding diaryl/α,β-unsaturated/α-hetero) is 1. The third-order valence-electron chi connectivity index (χ3n) is 2.22. The Morgan fingerprint density at radius 3 is 2.38 bits per heavy atom. The number of hydrogen-bond acceptors (Lipinski definition) is 4. The van der Waals surface area contributed by atoms with E-state index in [1.807, 2.05) is 0 Å². The van der Waals surface area contributed by atoms with E-state index < -0.39 is 9.84 Å². The molecule has 0 radical (unpaired) electrons. The maximum atomic E-state index is 11.5. The zero-order valence-corrected chi connectivity index (χ0v) is 10.3. The fourth-order valence-corrected chi connectivity index (χ4v) is 2.46. The predicted octanol–water partition coefficient (Wildman–Crippen LogP) is 1.24. The topological polar surface area (TPSA) is 71.4 Å². The van der Waals surface area contributed by atoms with Gasteiger partial charge in [0.25, 0.3) is 0 Å². The van der Waals surface area contributed by atoms with Gasteiger partial charge in [-0.15, -0.1) is 0 Å². The average molecular weight is 242 g/mol. The van der Waals surface area contributed by atoms with E-state index in [1.165, 1.54) is 19.1 Å². The van der Waals surface area contributed by atoms with Crippen LogP contribution in [0.3, 0.4) is 0 Å². The second kappa shape index (κ2) is 4.25. The van der Waals surface area contributed by atoms with Gasteiger partial charge in [0.15, 0.2) is 9.84 Å². The van der Waals surface area contributed by atoms with Gasteiger partial charge in [0.1, 0.15) is 11.5 Å². The summed E-state index contributed by atoms with van der Waals surface area (Å²) in [5, 5.41) is 9.50. The third-order valence-corrected chi connectivity index (χ3v) is 3.40. The van der Waals surface area contributed by atoms with E-state index in [0.717, 1.165) is 6.26 Å². The summed E-state index contributed by atoms with van der Waals surface area (Å²) in [6, 6.07) is 2.73. The lowest BCUT2D eigenvalue weighted by molar-refractivity contribution is -0.116. The van der Waals surface area contributed by atoms with Crippen LogP contribution in [0.4, 0.5) is 0 Å². The molecule has 1 aromatic rings. The first-order chi connectivity index (χ1) is 7.21. The predicted molar refractivity (Wildman–Crippen MR) is 60.3 cm³/mol. The first-order valence-electron chi connectivity index (χ1n) is 4.74. The molecule has 0 spiro atoms. The summed E-state index contributed by atoms with van der Waals surface area (Å²) in [7, 11) is -3.38. The van der Waals surface area contributed by atoms with Crippen LogP contribution in [-0.2, 0) is 21.1 Å². The van der Waals surface area contributed by atoms with Crippen LogP contribution in [0.1, 0.15) is 18.1 Å². The first-order valence-corrected chi connectivity index (χ1v) is 6.63. The molecule has 0 aliphatic rings. The number of sulfone groups is 1. The summed E-state index contributed by atoms with van der Waals surface area (Å²) < 4.78 is 23.0. The molecule has 0 amide bonds. The molecule has 0 aliphatic heterocycles. The number of rotatable bonds is 3. The molecule has 0 aromatic heterocycles. The number of phenols is 1. The lowest BCUT2D eigenvalue weighted by Gasteiger charge is -2.09. The van der Waals surface area contributed by atoms with E-state index in [0.29, 0.717) is 11.1 Å². The van der Waals surface area contributed by atoms with Crippen LogP contribution >= 0.6 is 0 Å². The van der Waals surface area contributed by atoms with Gasteiger partial charge in [-0.05, 0) is 37.1 Å². The van der Waals surface area contributed by atoms with Crippen molar-refractivity contribution in [2.24, 2.45) is 0 Å². The van der Waals surface area contributed by atoms with Gasteiger partial charge in [0.2, 0.25) is 0 Å². The molecule has 0 atom stereocenters. The summed E-state index contributed by atoms with van der Waals surface area (Å²) in [6.07, 6.45) is 1.10. The highest BCUT2D eigenvalue weighted by molar-refractivity contribution is 7.90. The highest BCUT2D eigenvalue weighted by Crippen LogP contribution is 2.25. The largest absolute Gasteiger partial charge is 0.508 e. The molecule has 1 N–H and O–H groups in total. The molecular weight excluding hydrogens is 228 g/mol. The van der Waals surface area contributed by atoms with E-state index in [1.54, 1.807) is 6.92 Å². The SMILES string of the molecule is CC(=O)Cc1cc(O)c(C)cc1S(C)(=O)=O. The van der Waals surface area contributed by atoms with Gasteiger partial charge in [-0.3, -0.25) is 4.79 Å². The van der Waals surface area contributed by atoms with Crippen molar-refractivity contribution in [3.05, 3.63) is 23.3 Å². The van der Waals surface area contributed by atoms with Crippen LogP contribution in [0.15, 0.2) is 17.0 Å². The zero-order chi connectivity index (χ0) is 12.5. The molecule has 0 aliphatic carbocycles. The molecule has 4 nitrogen and oxygen atoms in total. The van der Waals surface area contributed by atoms with Crippen molar-refractivity contribution in [3.8, 4) is 5.75 Å². The molecule has 1 rings (SSSR count). The Balaban J connectivity index is 3.45. The van der Waals surface area contributed by atoms with Crippen LogP contribution in [0, 0.1) is 6.92 Å². The number of aromatic hydroxyl groups is 1. The van der Waals surface area contributed by atoms with Crippen LogP contribution in [0.2, 0.25) is 0 Å². The molecule has 5 heteroatoms. The first kappa shape index (κ1) is 12.7. The molecule has 0 saturated carbocycles. The fraction of sp³-hybridized carbons (Fsp3) is 0.364. The molecule has 16 heavy (non-hydrogen) atoms. The van der Waals surface area contributed by atoms with Crippen LogP contribution in [0.25, 0.3) is 0 Å². The summed E-state index contributed by atoms with van der Waals surface area (Å²) in [6.45, 7) is 2.99. The van der Waals surface area contributed by atoms with Gasteiger partial charge in [0, 0.05) is 12.7 Å². The lowest BCUT2D eigenvalue weighted by atomic mass is 10.1. The van der Waals surface area contributed by atoms with Gasteiger partial charge in [-0.2, -0.15) is 0 Å². The number of carbonyl (C=O) groups is 1. The number of benzene rings is 1. The summed E-state index contributed by atoms with van der Waals surface area (Å²) in [5.41, 5.74) is 0.825. The molecule has 88 valence electrons. The van der Waals surface area contributed by atoms with Gasteiger partial charge >= 0.3 is 0 Å². The summed E-state index contributed by atoms with van der Waals surface area (Å²) >= 11 is 0. The van der Waals surface area contributed by atoms with E-state index >= 15 is 0 Å². The smallest absolute Gasteiger partial charge is 0.175 e. The Morgan fingerprint density at radius 2 is 1.94 bits per heavy atom. The Morgan fingerprint density at radius 1 is 1.38 bits per heavy atom. The lowest BCUT2D eigenvalue weighted by Crippen LogP contribution is -2.06. The highest BCUT2D eigenvalue weighted by Gasteiger charge is 2.16. The number of aryl methyl sites for hydroxylation is 1. The molecule has 1 aromatic carbocycles. The van der Waals surface area contributed by atoms with Crippen molar-refractivity contribution < 1.29 is 18.3 Å². The standard InChI is InChI=1S/C11H14O4S/c1-7-4-11(16(3,14)15)9(5-8(2)12)6-10(7)13/h4,6,13H,5H2,1-3H3. The van der Waals surface area contributed by atoms with Gasteiger partial charge < -0.3 is 5.11 Å². The number of hydrogen-bond donors (Lipinski definition) is 1. The van der Waals surface area contributed by atoms with Crippen LogP contribution < -0.4 is 0 Å². The van der Waals surface area contributed by atoms with Gasteiger partial charge in [-0.1, -0.05) is 0 Å². The van der Waals surface area contributed by atoms with E-state index in [2.05, 4.69) is 0 Å². The minimum absolute atomic E-state index is 0.00338. The van der Waals surface area contributed by atoms with E-state index in [-0.39, 0.29) is 22.8 Å². The maximum Gasteiger partial charge on any atom is 0.175 e. The molecule has 0 bridgehead atoms. The Kier molecular flexibility index (Phi) is 3.38. The minimum Gasteiger partial charge on any atom is -0.508 e. The monoisotopic (exact) mass is 242 g/mol. The fourth-order valence-electron chi connectivity index (χ4n) is 1.46. The van der Waals surface area contributed by atoms with Crippen LogP contribution in [-0.4, -0.2) is 25.6 Å². The van der Waals surface area contributed by atoms with Crippen molar-refractivity contribution in [2.75, 3.05) is 6.26 Å². The molecular formula is C11H14O4S. The zero-order valence-electron chi connectivity index (χ0n) is 9.44. The summed E-state index contributed by atoms with van der Waals surface area (Å²) in [4.78, 5) is 11.1. The number of carbonyl (C=O) groups excluding carboxylic acids is 1. The highest BCUT2D eigenvalue weighted by atomic mass is 32.2. The Labute approximate surface area is 94.8 Å². The normalized spacial score (nSPS) is 11.4. The number of ketones is 1. The van der Waals surface area contributed by atoms with Gasteiger partial charge in [0.05, 0.1) is 4.90 Å². The quantitative estimate of drug-likeness (QED) is 0.865. The van der Waals surface area contributed by atoms with Crippen molar-refractivity contribution in [3.63, 3.8) is 0 Å². The Hall–Kier alpha value is -1.36. The molecule has 0 saturated heterocycles. The molecule has 0 heterocycles. The van der Waals surface area contributed by atoms with E-state index in [4.69, 9.17) is 0 Å². The summed E-state index contributed by atoms with van der Waals surface area (Å²) in [5.74, 6) is -0.142. The average Bonchev–Trinajstić information content (AvgIpc) is 2.08. The maximum absolute atomic E-state index is 11.5. The van der Waals surface area contributed by atoms with Crippen molar-refractivity contribution in [2.45, 2.75) is 25.2 Å². The third kappa shape index (κ3) is 2.82. The second-order valence-electron chi connectivity index (χ2n) is 3.90. The second-order valence-corrected chi connectivity index (χ2v) is 5.88. The van der Waals surface area contributed by atoms with Gasteiger partial charge in [-0.25, -0.2) is 8.42 Å². The van der Waals surface area contributed by atoms with E-state index in [9.17, 15) is 18.3 Å². The molecule has 0 fully saturated rings.